The van der Waals surface area contributed by atoms with E-state index in [1.54, 1.807) is 0 Å². The number of aliphatic carboxylic acids is 1. The summed E-state index contributed by atoms with van der Waals surface area (Å²) in [5.41, 5.74) is 0.176. The van der Waals surface area contributed by atoms with Crippen molar-refractivity contribution < 1.29 is 30.3 Å². The second-order valence-electron chi connectivity index (χ2n) is 4.07. The van der Waals surface area contributed by atoms with Crippen molar-refractivity contribution in [1.29, 1.82) is 0 Å². The Morgan fingerprint density at radius 1 is 0.938 bits per heavy atom. The SMILES string of the molecule is C=C(C)C(=O)O.CC(C)(O)O.CC(C)(O)O. The lowest BCUT2D eigenvalue weighted by atomic mass is 10.4. The Kier molecular flexibility index (Phi) is 10.5. The van der Waals surface area contributed by atoms with Crippen molar-refractivity contribution in [3.05, 3.63) is 12.2 Å². The summed E-state index contributed by atoms with van der Waals surface area (Å²) in [5.74, 6) is -3.94. The Morgan fingerprint density at radius 2 is 1.00 bits per heavy atom. The summed E-state index contributed by atoms with van der Waals surface area (Å²) in [6, 6.07) is 0. The van der Waals surface area contributed by atoms with Gasteiger partial charge >= 0.3 is 5.97 Å². The number of hydrogen-bond donors (Lipinski definition) is 5. The Balaban J connectivity index is -0.000000160. The van der Waals surface area contributed by atoms with Gasteiger partial charge in [-0.05, 0) is 34.6 Å². The van der Waals surface area contributed by atoms with Gasteiger partial charge in [-0.1, -0.05) is 6.58 Å². The molecule has 0 unspecified atom stereocenters. The zero-order valence-electron chi connectivity index (χ0n) is 10.4. The van der Waals surface area contributed by atoms with Crippen LogP contribution in [0.1, 0.15) is 34.6 Å². The van der Waals surface area contributed by atoms with Crippen molar-refractivity contribution in [3.8, 4) is 0 Å². The summed E-state index contributed by atoms with van der Waals surface area (Å²) < 4.78 is 0. The first kappa shape index (κ1) is 20.5. The molecule has 0 saturated carbocycles. The van der Waals surface area contributed by atoms with E-state index < -0.39 is 17.5 Å². The summed E-state index contributed by atoms with van der Waals surface area (Å²) in [7, 11) is 0. The maximum atomic E-state index is 9.60. The third kappa shape index (κ3) is 204. The molecule has 98 valence electrons. The normalized spacial score (nSPS) is 10.3. The van der Waals surface area contributed by atoms with Gasteiger partial charge in [-0.3, -0.25) is 0 Å². The molecular formula is C10H22O6. The smallest absolute Gasteiger partial charge is 0.330 e. The summed E-state index contributed by atoms with van der Waals surface area (Å²) in [6.07, 6.45) is 0. The van der Waals surface area contributed by atoms with Crippen LogP contribution < -0.4 is 0 Å². The first-order valence-corrected chi connectivity index (χ1v) is 4.43. The van der Waals surface area contributed by atoms with Crippen LogP contribution in [-0.4, -0.2) is 43.1 Å². The monoisotopic (exact) mass is 238 g/mol. The van der Waals surface area contributed by atoms with E-state index in [9.17, 15) is 4.79 Å². The van der Waals surface area contributed by atoms with Gasteiger partial charge in [0.2, 0.25) is 0 Å². The Hall–Kier alpha value is -0.950. The minimum atomic E-state index is -1.50. The van der Waals surface area contributed by atoms with Crippen LogP contribution in [0.15, 0.2) is 12.2 Å². The minimum absolute atomic E-state index is 0.176. The van der Waals surface area contributed by atoms with Crippen LogP contribution in [0.5, 0.6) is 0 Å². The van der Waals surface area contributed by atoms with Gasteiger partial charge in [0.15, 0.2) is 11.6 Å². The van der Waals surface area contributed by atoms with Gasteiger partial charge in [-0.15, -0.1) is 0 Å². The predicted octanol–water partition coefficient (Wildman–Crippen LogP) is 0.0613. The standard InChI is InChI=1S/C4H6O2.2C3H8O2/c1-3(2)4(5)6;2*1-3(2,4)5/h1H2,2H3,(H,5,6);2*4-5H,1-2H3. The van der Waals surface area contributed by atoms with Crippen LogP contribution >= 0.6 is 0 Å². The fraction of sp³-hybridized carbons (Fsp3) is 0.700. The van der Waals surface area contributed by atoms with E-state index in [4.69, 9.17) is 25.5 Å². The van der Waals surface area contributed by atoms with Crippen LogP contribution in [0.25, 0.3) is 0 Å². The zero-order chi connectivity index (χ0) is 14.2. The topological polar surface area (TPSA) is 118 Å². The molecule has 6 nitrogen and oxygen atoms in total. The molecule has 0 saturated heterocycles. The number of carboxylic acids is 1. The van der Waals surface area contributed by atoms with E-state index >= 15 is 0 Å². The van der Waals surface area contributed by atoms with Gasteiger partial charge in [-0.25, -0.2) is 4.79 Å². The number of rotatable bonds is 1. The molecular weight excluding hydrogens is 216 g/mol. The maximum Gasteiger partial charge on any atom is 0.330 e. The molecule has 0 fully saturated rings. The molecule has 0 aromatic heterocycles. The van der Waals surface area contributed by atoms with E-state index in [1.165, 1.54) is 34.6 Å². The molecule has 0 spiro atoms. The predicted molar refractivity (Wildman–Crippen MR) is 59.5 cm³/mol. The number of carbonyl (C=O) groups is 1. The molecule has 0 heterocycles. The van der Waals surface area contributed by atoms with Crippen LogP contribution in [0.4, 0.5) is 0 Å². The quantitative estimate of drug-likeness (QED) is 0.325. The average Bonchev–Trinajstić information content (AvgIpc) is 1.77. The van der Waals surface area contributed by atoms with E-state index in [1.807, 2.05) is 0 Å². The third-order valence-corrected chi connectivity index (χ3v) is 0.365. The van der Waals surface area contributed by atoms with Crippen molar-refractivity contribution in [2.45, 2.75) is 46.2 Å². The van der Waals surface area contributed by atoms with Crippen molar-refractivity contribution in [2.24, 2.45) is 0 Å². The fourth-order valence-corrected chi connectivity index (χ4v) is 0. The minimum Gasteiger partial charge on any atom is -0.478 e. The molecule has 0 bridgehead atoms. The number of carboxylic acid groups (broad SMARTS) is 1. The van der Waals surface area contributed by atoms with Crippen LogP contribution in [0, 0.1) is 0 Å². The van der Waals surface area contributed by atoms with Crippen molar-refractivity contribution >= 4 is 5.97 Å². The van der Waals surface area contributed by atoms with E-state index in [0.29, 0.717) is 0 Å². The van der Waals surface area contributed by atoms with Crippen molar-refractivity contribution in [1.82, 2.24) is 0 Å². The van der Waals surface area contributed by atoms with Gasteiger partial charge in [0.25, 0.3) is 0 Å². The maximum absolute atomic E-state index is 9.60. The lowest BCUT2D eigenvalue weighted by Gasteiger charge is -2.03. The highest BCUT2D eigenvalue weighted by atomic mass is 16.5. The van der Waals surface area contributed by atoms with Gasteiger partial charge in [0.05, 0.1) is 0 Å². The number of aliphatic hydroxyl groups is 4. The molecule has 0 aromatic carbocycles. The first-order chi connectivity index (χ1) is 6.64. The van der Waals surface area contributed by atoms with Gasteiger partial charge < -0.3 is 25.5 Å². The molecule has 6 heteroatoms. The molecule has 0 aromatic rings. The molecule has 5 N–H and O–H groups in total. The summed E-state index contributed by atoms with van der Waals surface area (Å²) >= 11 is 0. The highest BCUT2D eigenvalue weighted by molar-refractivity contribution is 5.84. The second kappa shape index (κ2) is 8.23. The van der Waals surface area contributed by atoms with Gasteiger partial charge in [0.1, 0.15) is 0 Å². The highest BCUT2D eigenvalue weighted by Crippen LogP contribution is 1.88. The number of hydrogen-bond acceptors (Lipinski definition) is 5. The summed E-state index contributed by atoms with van der Waals surface area (Å²) in [6.45, 7) is 9.80. The lowest BCUT2D eigenvalue weighted by Crippen LogP contribution is -2.15. The molecule has 0 aliphatic heterocycles. The second-order valence-corrected chi connectivity index (χ2v) is 4.07. The summed E-state index contributed by atoms with van der Waals surface area (Å²) in [5, 5.41) is 40.2. The van der Waals surface area contributed by atoms with E-state index in [0.717, 1.165) is 0 Å². The van der Waals surface area contributed by atoms with E-state index in [-0.39, 0.29) is 5.57 Å². The molecule has 0 aliphatic carbocycles. The molecule has 0 radical (unpaired) electrons. The van der Waals surface area contributed by atoms with Crippen molar-refractivity contribution in [3.63, 3.8) is 0 Å². The first-order valence-electron chi connectivity index (χ1n) is 4.43. The van der Waals surface area contributed by atoms with Gasteiger partial charge in [0, 0.05) is 5.57 Å². The third-order valence-electron chi connectivity index (χ3n) is 0.365. The average molecular weight is 238 g/mol. The zero-order valence-corrected chi connectivity index (χ0v) is 10.4. The largest absolute Gasteiger partial charge is 0.478 e. The highest BCUT2D eigenvalue weighted by Gasteiger charge is 2.00. The van der Waals surface area contributed by atoms with Crippen LogP contribution in [0.2, 0.25) is 0 Å². The fourth-order valence-electron chi connectivity index (χ4n) is 0. The Morgan fingerprint density at radius 3 is 1.00 bits per heavy atom. The van der Waals surface area contributed by atoms with Crippen LogP contribution in [-0.2, 0) is 4.79 Å². The van der Waals surface area contributed by atoms with E-state index in [2.05, 4.69) is 6.58 Å². The molecule has 16 heavy (non-hydrogen) atoms. The molecule has 0 atom stereocenters. The van der Waals surface area contributed by atoms with Gasteiger partial charge in [-0.2, -0.15) is 0 Å². The van der Waals surface area contributed by atoms with Crippen molar-refractivity contribution in [2.75, 3.05) is 0 Å². The lowest BCUT2D eigenvalue weighted by molar-refractivity contribution is -0.132. The Bertz CT molecular complexity index is 172. The summed E-state index contributed by atoms with van der Waals surface area (Å²) in [4.78, 5) is 9.60. The molecule has 0 amide bonds. The van der Waals surface area contributed by atoms with Crippen LogP contribution in [0.3, 0.4) is 0 Å². The molecule has 0 aliphatic rings. The Labute approximate surface area is 95.5 Å². The molecule has 0 rings (SSSR count).